The third-order valence-corrected chi connectivity index (χ3v) is 7.23. The van der Waals surface area contributed by atoms with Crippen molar-refractivity contribution in [3.05, 3.63) is 70.8 Å². The van der Waals surface area contributed by atoms with Gasteiger partial charge >= 0.3 is 12.1 Å². The summed E-state index contributed by atoms with van der Waals surface area (Å²) in [5.41, 5.74) is 1.53. The van der Waals surface area contributed by atoms with Crippen molar-refractivity contribution in [2.45, 2.75) is 111 Å². The van der Waals surface area contributed by atoms with E-state index in [1.54, 1.807) is 41.5 Å². The first-order chi connectivity index (χ1) is 20.9. The molecule has 10 nitrogen and oxygen atoms in total. The first kappa shape index (κ1) is 35.6. The summed E-state index contributed by atoms with van der Waals surface area (Å²) < 4.78 is 11.0. The normalized spacial score (nSPS) is 18.2. The van der Waals surface area contributed by atoms with Gasteiger partial charge in [-0.2, -0.15) is 0 Å². The van der Waals surface area contributed by atoms with Crippen molar-refractivity contribution in [2.75, 3.05) is 6.61 Å². The molecule has 0 bridgehead atoms. The van der Waals surface area contributed by atoms with E-state index in [1.807, 2.05) is 69.3 Å². The molecular weight excluding hydrogens is 574 g/mol. The number of rotatable bonds is 11. The molecule has 10 heteroatoms. The van der Waals surface area contributed by atoms with E-state index in [2.05, 4.69) is 10.6 Å². The minimum Gasteiger partial charge on any atom is -0.458 e. The lowest BCUT2D eigenvalue weighted by Crippen LogP contribution is -2.56. The SMILES string of the molecule is Cc1cc(C)cc(C(C(=O)NC(Cc2ccccc2)C(=O)OC(C)(C)C)N(C(=O)C(CO)NC(=O)OC(C)(C)C)C2CC2C)c1. The van der Waals surface area contributed by atoms with Gasteiger partial charge in [0.05, 0.1) is 6.61 Å². The fourth-order valence-corrected chi connectivity index (χ4v) is 5.26. The van der Waals surface area contributed by atoms with Crippen LogP contribution in [0.1, 0.15) is 83.2 Å². The number of alkyl carbamates (subject to hydrolysis) is 1. The fourth-order valence-electron chi connectivity index (χ4n) is 5.26. The third kappa shape index (κ3) is 10.6. The molecule has 0 radical (unpaired) electrons. The highest BCUT2D eigenvalue weighted by molar-refractivity contribution is 5.94. The molecular formula is C35H49N3O7. The average molecular weight is 624 g/mol. The summed E-state index contributed by atoms with van der Waals surface area (Å²) in [5.74, 6) is -1.74. The van der Waals surface area contributed by atoms with Gasteiger partial charge in [0.1, 0.15) is 29.3 Å². The minimum atomic E-state index is -1.36. The van der Waals surface area contributed by atoms with E-state index < -0.39 is 59.8 Å². The first-order valence-electron chi connectivity index (χ1n) is 15.5. The molecule has 2 aromatic carbocycles. The van der Waals surface area contributed by atoms with Crippen molar-refractivity contribution in [3.63, 3.8) is 0 Å². The molecule has 246 valence electrons. The fraction of sp³-hybridized carbons (Fsp3) is 0.543. The van der Waals surface area contributed by atoms with E-state index in [0.29, 0.717) is 12.0 Å². The van der Waals surface area contributed by atoms with Gasteiger partial charge in [0.15, 0.2) is 0 Å². The van der Waals surface area contributed by atoms with Crippen LogP contribution in [0.4, 0.5) is 4.79 Å². The highest BCUT2D eigenvalue weighted by atomic mass is 16.6. The first-order valence-corrected chi connectivity index (χ1v) is 15.5. The second-order valence-electron chi connectivity index (χ2n) is 14.0. The van der Waals surface area contributed by atoms with E-state index in [0.717, 1.165) is 16.7 Å². The number of nitrogens with zero attached hydrogens (tertiary/aromatic N) is 1. The maximum Gasteiger partial charge on any atom is 0.408 e. The van der Waals surface area contributed by atoms with E-state index in [-0.39, 0.29) is 18.4 Å². The van der Waals surface area contributed by atoms with Crippen LogP contribution in [0.2, 0.25) is 0 Å². The summed E-state index contributed by atoms with van der Waals surface area (Å²) in [5, 5.41) is 15.6. The Balaban J connectivity index is 2.06. The smallest absolute Gasteiger partial charge is 0.408 e. The lowest BCUT2D eigenvalue weighted by Gasteiger charge is -2.35. The van der Waals surface area contributed by atoms with Crippen LogP contribution in [-0.4, -0.2) is 69.8 Å². The molecule has 0 aromatic heterocycles. The highest BCUT2D eigenvalue weighted by Crippen LogP contribution is 2.41. The Labute approximate surface area is 266 Å². The predicted octanol–water partition coefficient (Wildman–Crippen LogP) is 4.54. The van der Waals surface area contributed by atoms with Crippen molar-refractivity contribution in [1.82, 2.24) is 15.5 Å². The van der Waals surface area contributed by atoms with Gasteiger partial charge in [-0.15, -0.1) is 0 Å². The summed E-state index contributed by atoms with van der Waals surface area (Å²) >= 11 is 0. The summed E-state index contributed by atoms with van der Waals surface area (Å²) in [4.78, 5) is 56.2. The van der Waals surface area contributed by atoms with Crippen LogP contribution in [0.25, 0.3) is 0 Å². The standard InChI is InChI=1S/C35H49N3O7/c1-21-15-22(2)17-25(16-21)29(30(40)36-26(32(42)44-34(4,5)6)19-24-13-11-10-12-14-24)38(28-18-23(28)3)31(41)27(20-39)37-33(43)45-35(7,8)9/h10-17,23,26-29,39H,18-20H2,1-9H3,(H,36,40)(H,37,43). The Morgan fingerprint density at radius 3 is 1.93 bits per heavy atom. The number of hydrogen-bond donors (Lipinski definition) is 3. The molecule has 0 spiro atoms. The summed E-state index contributed by atoms with van der Waals surface area (Å²) in [6.07, 6.45) is -0.0578. The van der Waals surface area contributed by atoms with Gasteiger partial charge in [-0.3, -0.25) is 9.59 Å². The van der Waals surface area contributed by atoms with Crippen LogP contribution in [-0.2, 0) is 30.3 Å². The van der Waals surface area contributed by atoms with Gasteiger partial charge in [0.2, 0.25) is 11.8 Å². The monoisotopic (exact) mass is 623 g/mol. The summed E-state index contributed by atoms with van der Waals surface area (Å²) in [6.45, 7) is 15.4. The number of esters is 1. The zero-order valence-electron chi connectivity index (χ0n) is 28.0. The molecule has 1 saturated carbocycles. The molecule has 45 heavy (non-hydrogen) atoms. The number of hydrogen-bond acceptors (Lipinski definition) is 7. The van der Waals surface area contributed by atoms with Crippen molar-refractivity contribution in [1.29, 1.82) is 0 Å². The van der Waals surface area contributed by atoms with E-state index in [1.165, 1.54) is 4.90 Å². The Bertz CT molecular complexity index is 1340. The Morgan fingerprint density at radius 1 is 0.889 bits per heavy atom. The van der Waals surface area contributed by atoms with Crippen LogP contribution < -0.4 is 10.6 Å². The third-order valence-electron chi connectivity index (χ3n) is 7.23. The molecule has 0 saturated heterocycles. The van der Waals surface area contributed by atoms with Crippen molar-refractivity contribution in [3.8, 4) is 0 Å². The van der Waals surface area contributed by atoms with E-state index in [4.69, 9.17) is 9.47 Å². The molecule has 1 aliphatic rings. The number of aliphatic hydroxyl groups excluding tert-OH is 1. The molecule has 2 aromatic rings. The Hall–Kier alpha value is -3.92. The Morgan fingerprint density at radius 2 is 1.44 bits per heavy atom. The summed E-state index contributed by atoms with van der Waals surface area (Å²) in [7, 11) is 0. The molecule has 0 heterocycles. The van der Waals surface area contributed by atoms with Crippen LogP contribution >= 0.6 is 0 Å². The maximum atomic E-state index is 14.5. The van der Waals surface area contributed by atoms with Crippen LogP contribution in [0.3, 0.4) is 0 Å². The van der Waals surface area contributed by atoms with Gasteiger partial charge < -0.3 is 30.1 Å². The molecule has 1 fully saturated rings. The molecule has 0 aliphatic heterocycles. The number of carbonyl (C=O) groups is 4. The number of ether oxygens (including phenoxy) is 2. The van der Waals surface area contributed by atoms with Crippen LogP contribution in [0.5, 0.6) is 0 Å². The molecule has 3 amide bonds. The largest absolute Gasteiger partial charge is 0.458 e. The quantitative estimate of drug-likeness (QED) is 0.313. The molecule has 3 rings (SSSR count). The van der Waals surface area contributed by atoms with Gasteiger partial charge in [-0.1, -0.05) is 66.6 Å². The van der Waals surface area contributed by atoms with Crippen LogP contribution in [0, 0.1) is 19.8 Å². The lowest BCUT2D eigenvalue weighted by atomic mass is 9.97. The predicted molar refractivity (Wildman–Crippen MR) is 171 cm³/mol. The topological polar surface area (TPSA) is 134 Å². The lowest BCUT2D eigenvalue weighted by molar-refractivity contribution is -0.159. The zero-order valence-corrected chi connectivity index (χ0v) is 28.0. The maximum absolute atomic E-state index is 14.5. The zero-order chi connectivity index (χ0) is 33.7. The van der Waals surface area contributed by atoms with Crippen molar-refractivity contribution >= 4 is 23.9 Å². The van der Waals surface area contributed by atoms with Gasteiger partial charge in [-0.25, -0.2) is 9.59 Å². The van der Waals surface area contributed by atoms with E-state index in [9.17, 15) is 24.3 Å². The molecule has 1 aliphatic carbocycles. The highest BCUT2D eigenvalue weighted by Gasteiger charge is 2.48. The number of carbonyl (C=O) groups excluding carboxylic acids is 4. The molecule has 5 unspecified atom stereocenters. The van der Waals surface area contributed by atoms with E-state index >= 15 is 0 Å². The van der Waals surface area contributed by atoms with Gasteiger partial charge in [0.25, 0.3) is 0 Å². The molecule has 5 atom stereocenters. The van der Waals surface area contributed by atoms with Gasteiger partial charge in [-0.05, 0) is 78.9 Å². The van der Waals surface area contributed by atoms with Crippen LogP contribution in [0.15, 0.2) is 48.5 Å². The second-order valence-corrected chi connectivity index (χ2v) is 14.0. The van der Waals surface area contributed by atoms with Crippen molar-refractivity contribution < 1.29 is 33.8 Å². The number of aryl methyl sites for hydroxylation is 2. The summed E-state index contributed by atoms with van der Waals surface area (Å²) in [6, 6.07) is 11.0. The number of aliphatic hydroxyl groups is 1. The average Bonchev–Trinajstić information content (AvgIpc) is 3.62. The van der Waals surface area contributed by atoms with Gasteiger partial charge in [0, 0.05) is 12.5 Å². The number of benzene rings is 2. The Kier molecular flexibility index (Phi) is 11.4. The van der Waals surface area contributed by atoms with Crippen molar-refractivity contribution in [2.24, 2.45) is 5.92 Å². The second kappa shape index (κ2) is 14.5. The number of amides is 3. The number of nitrogens with one attached hydrogen (secondary N) is 2. The minimum absolute atomic E-state index is 0.0713. The molecule has 3 N–H and O–H groups in total.